The highest BCUT2D eigenvalue weighted by molar-refractivity contribution is 7.80. The normalized spacial score (nSPS) is 17.3. The summed E-state index contributed by atoms with van der Waals surface area (Å²) in [5.41, 5.74) is 0.766. The van der Waals surface area contributed by atoms with Crippen LogP contribution in [0.25, 0.3) is 0 Å². The smallest absolute Gasteiger partial charge is 0.146 e. The molecule has 1 aliphatic carbocycles. The average Bonchev–Trinajstić information content (AvgIpc) is 1.88. The Morgan fingerprint density at radius 2 is 2.44 bits per heavy atom. The Labute approximate surface area is 59.1 Å². The van der Waals surface area contributed by atoms with Crippen molar-refractivity contribution < 1.29 is 4.79 Å². The van der Waals surface area contributed by atoms with E-state index in [1.54, 1.807) is 12.2 Å². The Hall–Kier alpha value is -0.760. The van der Waals surface area contributed by atoms with Crippen molar-refractivity contribution in [2.24, 2.45) is 0 Å². The average molecular weight is 138 g/mol. The van der Waals surface area contributed by atoms with Gasteiger partial charge in [-0.1, -0.05) is 24.4 Å². The minimum absolute atomic E-state index is 0.634. The molecule has 0 aromatic rings. The van der Waals surface area contributed by atoms with E-state index in [2.05, 4.69) is 0 Å². The van der Waals surface area contributed by atoms with Crippen molar-refractivity contribution in [2.75, 3.05) is 0 Å². The molecule has 0 radical (unpaired) electrons. The topological polar surface area (TPSA) is 17.1 Å². The number of aldehydes is 1. The van der Waals surface area contributed by atoms with Gasteiger partial charge in [0.25, 0.3) is 0 Å². The molecule has 0 atom stereocenters. The quantitative estimate of drug-likeness (QED) is 0.403. The predicted molar refractivity (Wildman–Crippen MR) is 40.5 cm³/mol. The maximum atomic E-state index is 10.1. The number of hydrogen-bond acceptors (Lipinski definition) is 2. The van der Waals surface area contributed by atoms with Gasteiger partial charge in [-0.05, 0) is 11.6 Å². The van der Waals surface area contributed by atoms with E-state index in [1.165, 1.54) is 0 Å². The molecule has 0 saturated carbocycles. The van der Waals surface area contributed by atoms with Crippen molar-refractivity contribution in [2.45, 2.75) is 6.42 Å². The van der Waals surface area contributed by atoms with Crippen LogP contribution < -0.4 is 0 Å². The molecule has 0 unspecified atom stereocenters. The summed E-state index contributed by atoms with van der Waals surface area (Å²) in [7, 11) is 0. The van der Waals surface area contributed by atoms with Crippen LogP contribution in [-0.4, -0.2) is 11.2 Å². The molecule has 0 heterocycles. The molecule has 0 N–H and O–H groups in total. The molecule has 0 aliphatic heterocycles. The summed E-state index contributed by atoms with van der Waals surface area (Å²) in [5, 5.41) is 0. The minimum atomic E-state index is 0.634. The second-order valence-electron chi connectivity index (χ2n) is 1.86. The van der Waals surface area contributed by atoms with Gasteiger partial charge in [-0.3, -0.25) is 4.79 Å². The first-order valence-corrected chi connectivity index (χ1v) is 3.09. The van der Waals surface area contributed by atoms with E-state index in [4.69, 9.17) is 12.2 Å². The van der Waals surface area contributed by atoms with Crippen molar-refractivity contribution in [3.63, 3.8) is 0 Å². The highest BCUT2D eigenvalue weighted by Crippen LogP contribution is 2.06. The number of hydrogen-bond donors (Lipinski definition) is 0. The maximum Gasteiger partial charge on any atom is 0.146 e. The molecule has 46 valence electrons. The van der Waals surface area contributed by atoms with Gasteiger partial charge in [0.15, 0.2) is 0 Å². The molecular weight excluding hydrogens is 132 g/mol. The van der Waals surface area contributed by atoms with E-state index in [0.29, 0.717) is 6.42 Å². The third-order valence-electron chi connectivity index (χ3n) is 1.12. The summed E-state index contributed by atoms with van der Waals surface area (Å²) < 4.78 is 0. The van der Waals surface area contributed by atoms with Crippen molar-refractivity contribution in [3.8, 4) is 0 Å². The minimum Gasteiger partial charge on any atom is -0.298 e. The van der Waals surface area contributed by atoms with E-state index >= 15 is 0 Å². The van der Waals surface area contributed by atoms with Crippen molar-refractivity contribution in [1.82, 2.24) is 0 Å². The molecule has 1 aliphatic rings. The third kappa shape index (κ3) is 1.57. The van der Waals surface area contributed by atoms with E-state index in [0.717, 1.165) is 16.7 Å². The fourth-order valence-electron chi connectivity index (χ4n) is 0.679. The molecule has 1 rings (SSSR count). The van der Waals surface area contributed by atoms with Crippen LogP contribution in [0, 0.1) is 0 Å². The highest BCUT2D eigenvalue weighted by Gasteiger charge is 2.00. The van der Waals surface area contributed by atoms with Gasteiger partial charge in [-0.15, -0.1) is 0 Å². The van der Waals surface area contributed by atoms with Gasteiger partial charge in [0.2, 0.25) is 0 Å². The summed E-state index contributed by atoms with van der Waals surface area (Å²) >= 11 is 4.86. The van der Waals surface area contributed by atoms with Gasteiger partial charge >= 0.3 is 0 Å². The van der Waals surface area contributed by atoms with Crippen LogP contribution in [0.4, 0.5) is 0 Å². The lowest BCUT2D eigenvalue weighted by Gasteiger charge is -2.00. The second-order valence-corrected chi connectivity index (χ2v) is 2.39. The lowest BCUT2D eigenvalue weighted by atomic mass is 10.1. The fourth-order valence-corrected chi connectivity index (χ4v) is 0.924. The summed E-state index contributed by atoms with van der Waals surface area (Å²) in [6.45, 7) is 0. The van der Waals surface area contributed by atoms with E-state index < -0.39 is 0 Å². The molecule has 0 saturated heterocycles. The zero-order valence-corrected chi connectivity index (χ0v) is 5.65. The molecule has 0 amide bonds. The highest BCUT2D eigenvalue weighted by atomic mass is 32.1. The van der Waals surface area contributed by atoms with Crippen LogP contribution >= 0.6 is 12.2 Å². The summed E-state index contributed by atoms with van der Waals surface area (Å²) in [4.78, 5) is 11.0. The number of thiocarbonyl (C=S) groups is 1. The molecule has 0 spiro atoms. The van der Waals surface area contributed by atoms with Crippen LogP contribution in [0.2, 0.25) is 0 Å². The van der Waals surface area contributed by atoms with Gasteiger partial charge in [0, 0.05) is 11.3 Å². The van der Waals surface area contributed by atoms with Crippen LogP contribution in [0.5, 0.6) is 0 Å². The second kappa shape index (κ2) is 2.69. The van der Waals surface area contributed by atoms with Crippen molar-refractivity contribution in [1.29, 1.82) is 0 Å². The Bertz CT molecular complexity index is 201. The van der Waals surface area contributed by atoms with E-state index in [-0.39, 0.29) is 0 Å². The molecular formula is C7H6OS. The number of carbonyl (C=O) groups excluding carboxylic acids is 1. The fraction of sp³-hybridized carbons (Fsp3) is 0.143. The van der Waals surface area contributed by atoms with E-state index in [1.807, 2.05) is 6.08 Å². The zero-order chi connectivity index (χ0) is 6.69. The van der Waals surface area contributed by atoms with Gasteiger partial charge in [0.1, 0.15) is 6.29 Å². The maximum absolute atomic E-state index is 10.1. The molecule has 0 aromatic heterocycles. The van der Waals surface area contributed by atoms with Crippen LogP contribution in [0.1, 0.15) is 6.42 Å². The third-order valence-corrected chi connectivity index (χ3v) is 1.40. The van der Waals surface area contributed by atoms with Gasteiger partial charge in [-0.25, -0.2) is 0 Å². The first-order chi connectivity index (χ1) is 4.33. The summed E-state index contributed by atoms with van der Waals surface area (Å²) in [6.07, 6.45) is 6.89. The van der Waals surface area contributed by atoms with Crippen molar-refractivity contribution in [3.05, 3.63) is 23.8 Å². The number of carbonyl (C=O) groups is 1. The van der Waals surface area contributed by atoms with Crippen LogP contribution in [0.3, 0.4) is 0 Å². The molecule has 0 fully saturated rings. The standard InChI is InChI=1S/C7H6OS/c8-5-6-2-1-3-7(9)4-6/h1-3,5H,4H2. The molecule has 1 nitrogen and oxygen atoms in total. The SMILES string of the molecule is O=CC1=CC=CC(=S)C1. The predicted octanol–water partition coefficient (Wildman–Crippen LogP) is 1.44. The molecule has 9 heavy (non-hydrogen) atoms. The Morgan fingerprint density at radius 3 is 2.89 bits per heavy atom. The molecule has 2 heteroatoms. The van der Waals surface area contributed by atoms with Crippen LogP contribution in [-0.2, 0) is 4.79 Å². The number of rotatable bonds is 1. The summed E-state index contributed by atoms with van der Waals surface area (Å²) in [5.74, 6) is 0. The first-order valence-electron chi connectivity index (χ1n) is 2.68. The Kier molecular flexibility index (Phi) is 1.90. The van der Waals surface area contributed by atoms with Gasteiger partial charge < -0.3 is 0 Å². The first kappa shape index (κ1) is 6.36. The van der Waals surface area contributed by atoms with E-state index in [9.17, 15) is 4.79 Å². The Balaban J connectivity index is 2.76. The van der Waals surface area contributed by atoms with Gasteiger partial charge in [-0.2, -0.15) is 0 Å². The lowest BCUT2D eigenvalue weighted by molar-refractivity contribution is -0.104. The van der Waals surface area contributed by atoms with Crippen LogP contribution in [0.15, 0.2) is 23.8 Å². The van der Waals surface area contributed by atoms with Crippen molar-refractivity contribution >= 4 is 23.4 Å². The molecule has 0 bridgehead atoms. The number of allylic oxidation sites excluding steroid dienone is 4. The zero-order valence-electron chi connectivity index (χ0n) is 4.83. The Morgan fingerprint density at radius 1 is 1.67 bits per heavy atom. The van der Waals surface area contributed by atoms with Gasteiger partial charge in [0.05, 0.1) is 0 Å². The lowest BCUT2D eigenvalue weighted by Crippen LogP contribution is -1.97. The summed E-state index contributed by atoms with van der Waals surface area (Å²) in [6, 6.07) is 0. The largest absolute Gasteiger partial charge is 0.298 e. The monoisotopic (exact) mass is 138 g/mol. The molecule has 0 aromatic carbocycles.